The number of halogens is 1. The van der Waals surface area contributed by atoms with Gasteiger partial charge in [0.1, 0.15) is 0 Å². The van der Waals surface area contributed by atoms with Crippen LogP contribution in [-0.2, 0) is 11.3 Å². The second kappa shape index (κ2) is 6.68. The van der Waals surface area contributed by atoms with Crippen molar-refractivity contribution in [3.05, 3.63) is 16.4 Å². The number of aryl methyl sites for hydroxylation is 1. The molecule has 0 saturated carbocycles. The van der Waals surface area contributed by atoms with Gasteiger partial charge in [-0.15, -0.1) is 0 Å². The highest BCUT2D eigenvalue weighted by atomic mass is 79.9. The van der Waals surface area contributed by atoms with Gasteiger partial charge in [-0.1, -0.05) is 13.8 Å². The van der Waals surface area contributed by atoms with Gasteiger partial charge in [-0.3, -0.25) is 4.68 Å². The second-order valence-corrected chi connectivity index (χ2v) is 5.55. The van der Waals surface area contributed by atoms with Gasteiger partial charge in [0, 0.05) is 13.7 Å². The average Bonchev–Trinajstić information content (AvgIpc) is 2.73. The quantitative estimate of drug-likeness (QED) is 0.839. The highest BCUT2D eigenvalue weighted by Crippen LogP contribution is 2.35. The average molecular weight is 318 g/mol. The third kappa shape index (κ3) is 2.95. The number of nitrogens with one attached hydrogen (secondary N) is 1. The number of likely N-dealkylation sites (N-methyl/N-ethyl adjacent to an activating group) is 1. The van der Waals surface area contributed by atoms with Gasteiger partial charge in [-0.25, -0.2) is 0 Å². The van der Waals surface area contributed by atoms with E-state index in [-0.39, 0.29) is 11.6 Å². The fourth-order valence-electron chi connectivity index (χ4n) is 2.25. The van der Waals surface area contributed by atoms with E-state index in [0.29, 0.717) is 0 Å². The van der Waals surface area contributed by atoms with Gasteiger partial charge in [0.25, 0.3) is 0 Å². The maximum Gasteiger partial charge on any atom is 0.0857 e. The molecule has 0 saturated heterocycles. The first-order valence-electron chi connectivity index (χ1n) is 6.47. The minimum Gasteiger partial charge on any atom is -0.376 e. The van der Waals surface area contributed by atoms with Crippen LogP contribution in [0.2, 0.25) is 0 Å². The summed E-state index contributed by atoms with van der Waals surface area (Å²) in [5, 5.41) is 7.80. The first kappa shape index (κ1) is 15.7. The molecule has 0 aliphatic heterocycles. The molecule has 0 bridgehead atoms. The molecule has 0 fully saturated rings. The van der Waals surface area contributed by atoms with Crippen molar-refractivity contribution in [1.29, 1.82) is 0 Å². The Balaban J connectivity index is 3.19. The Morgan fingerprint density at radius 3 is 2.67 bits per heavy atom. The van der Waals surface area contributed by atoms with Gasteiger partial charge in [-0.2, -0.15) is 5.10 Å². The molecule has 0 aliphatic rings. The summed E-state index contributed by atoms with van der Waals surface area (Å²) in [4.78, 5) is 0. The first-order chi connectivity index (χ1) is 8.53. The topological polar surface area (TPSA) is 39.1 Å². The molecule has 1 N–H and O–H groups in total. The molecule has 104 valence electrons. The molecule has 0 aromatic carbocycles. The molecule has 4 nitrogen and oxygen atoms in total. The smallest absolute Gasteiger partial charge is 0.0857 e. The number of ether oxygens (including phenoxy) is 1. The van der Waals surface area contributed by atoms with Crippen molar-refractivity contribution in [1.82, 2.24) is 15.1 Å². The van der Waals surface area contributed by atoms with Crippen LogP contribution in [0, 0.1) is 0 Å². The maximum atomic E-state index is 5.73. The van der Waals surface area contributed by atoms with Crippen molar-refractivity contribution in [2.24, 2.45) is 0 Å². The van der Waals surface area contributed by atoms with Gasteiger partial charge in [-0.05, 0) is 42.7 Å². The first-order valence-corrected chi connectivity index (χ1v) is 7.26. The summed E-state index contributed by atoms with van der Waals surface area (Å²) in [6.07, 6.45) is 3.85. The zero-order valence-corrected chi connectivity index (χ0v) is 13.5. The third-order valence-corrected chi connectivity index (χ3v) is 4.22. The molecular weight excluding hydrogens is 294 g/mol. The Bertz CT molecular complexity index is 374. The Labute approximate surface area is 118 Å². The zero-order valence-electron chi connectivity index (χ0n) is 12.0. The summed E-state index contributed by atoms with van der Waals surface area (Å²) in [5.74, 6) is 0. The van der Waals surface area contributed by atoms with Crippen LogP contribution in [0.1, 0.15) is 45.3 Å². The Hall–Kier alpha value is -0.390. The van der Waals surface area contributed by atoms with Crippen LogP contribution in [0.4, 0.5) is 0 Å². The van der Waals surface area contributed by atoms with Gasteiger partial charge in [0.05, 0.1) is 28.0 Å². The zero-order chi connectivity index (χ0) is 13.8. The molecule has 0 spiro atoms. The molecule has 0 aliphatic carbocycles. The molecule has 1 rings (SSSR count). The Morgan fingerprint density at radius 1 is 1.56 bits per heavy atom. The van der Waals surface area contributed by atoms with Crippen molar-refractivity contribution in [3.8, 4) is 0 Å². The molecule has 0 radical (unpaired) electrons. The van der Waals surface area contributed by atoms with E-state index >= 15 is 0 Å². The molecular formula is C13H24BrN3O. The molecule has 1 aromatic rings. The van der Waals surface area contributed by atoms with E-state index in [1.54, 1.807) is 7.11 Å². The molecule has 1 aromatic heterocycles. The normalized spacial score (nSPS) is 16.6. The molecule has 5 heteroatoms. The highest BCUT2D eigenvalue weighted by Gasteiger charge is 2.36. The van der Waals surface area contributed by atoms with Gasteiger partial charge in [0.2, 0.25) is 0 Å². The summed E-state index contributed by atoms with van der Waals surface area (Å²) >= 11 is 3.60. The van der Waals surface area contributed by atoms with E-state index in [1.807, 2.05) is 13.2 Å². The van der Waals surface area contributed by atoms with Crippen LogP contribution in [0.3, 0.4) is 0 Å². The lowest BCUT2D eigenvalue weighted by Gasteiger charge is -2.36. The maximum absolute atomic E-state index is 5.73. The third-order valence-electron chi connectivity index (χ3n) is 3.61. The number of methoxy groups -OCH3 is 1. The van der Waals surface area contributed by atoms with E-state index in [1.165, 1.54) is 0 Å². The highest BCUT2D eigenvalue weighted by molar-refractivity contribution is 9.10. The van der Waals surface area contributed by atoms with Crippen molar-refractivity contribution >= 4 is 15.9 Å². The van der Waals surface area contributed by atoms with Gasteiger partial charge in [0.15, 0.2) is 0 Å². The lowest BCUT2D eigenvalue weighted by Crippen LogP contribution is -2.42. The van der Waals surface area contributed by atoms with E-state index in [9.17, 15) is 0 Å². The lowest BCUT2D eigenvalue weighted by atomic mass is 9.90. The molecule has 18 heavy (non-hydrogen) atoms. The number of hydrogen-bond acceptors (Lipinski definition) is 3. The second-order valence-electron chi connectivity index (χ2n) is 4.69. The fourth-order valence-corrected chi connectivity index (χ4v) is 2.77. The monoisotopic (exact) mass is 317 g/mol. The van der Waals surface area contributed by atoms with E-state index in [0.717, 1.165) is 29.6 Å². The van der Waals surface area contributed by atoms with Crippen LogP contribution in [0.25, 0.3) is 0 Å². The van der Waals surface area contributed by atoms with E-state index < -0.39 is 0 Å². The van der Waals surface area contributed by atoms with Crippen LogP contribution >= 0.6 is 15.9 Å². The standard InChI is InChI=1S/C13H24BrN3O/c1-6-8-17-11(10(14)9-16-17)12(15-4)13(3,7-2)18-5/h9,12,15H,6-8H2,1-5H3. The van der Waals surface area contributed by atoms with E-state index in [2.05, 4.69) is 51.8 Å². The summed E-state index contributed by atoms with van der Waals surface area (Å²) < 4.78 is 8.82. The van der Waals surface area contributed by atoms with Crippen LogP contribution in [-0.4, -0.2) is 29.5 Å². The molecule has 1 heterocycles. The molecule has 2 atom stereocenters. The SMILES string of the molecule is CCCn1ncc(Br)c1C(NC)C(C)(CC)OC. The Kier molecular flexibility index (Phi) is 5.82. The van der Waals surface area contributed by atoms with Crippen molar-refractivity contribution in [2.75, 3.05) is 14.2 Å². The largest absolute Gasteiger partial charge is 0.376 e. The number of rotatable bonds is 7. The summed E-state index contributed by atoms with van der Waals surface area (Å²) in [7, 11) is 3.73. The minimum absolute atomic E-state index is 0.107. The predicted octanol–water partition coefficient (Wildman–Crippen LogP) is 3.13. The van der Waals surface area contributed by atoms with Crippen LogP contribution < -0.4 is 5.32 Å². The summed E-state index contributed by atoms with van der Waals surface area (Å²) in [6.45, 7) is 7.35. The van der Waals surface area contributed by atoms with Gasteiger partial charge >= 0.3 is 0 Å². The fraction of sp³-hybridized carbons (Fsp3) is 0.769. The number of aromatic nitrogens is 2. The van der Waals surface area contributed by atoms with E-state index in [4.69, 9.17) is 4.74 Å². The van der Waals surface area contributed by atoms with Crippen molar-refractivity contribution in [3.63, 3.8) is 0 Å². The van der Waals surface area contributed by atoms with Crippen molar-refractivity contribution < 1.29 is 4.74 Å². The summed E-state index contributed by atoms with van der Waals surface area (Å²) in [6, 6.07) is 0.107. The van der Waals surface area contributed by atoms with Gasteiger partial charge < -0.3 is 10.1 Å². The molecule has 0 amide bonds. The summed E-state index contributed by atoms with van der Waals surface area (Å²) in [5.41, 5.74) is 0.911. The number of hydrogen-bond donors (Lipinski definition) is 1. The Morgan fingerprint density at radius 2 is 2.22 bits per heavy atom. The number of nitrogens with zero attached hydrogens (tertiary/aromatic N) is 2. The lowest BCUT2D eigenvalue weighted by molar-refractivity contribution is -0.0304. The predicted molar refractivity (Wildman–Crippen MR) is 77.7 cm³/mol. The molecule has 2 unspecified atom stereocenters. The van der Waals surface area contributed by atoms with Crippen molar-refractivity contribution in [2.45, 2.75) is 51.8 Å². The van der Waals surface area contributed by atoms with Crippen LogP contribution in [0.15, 0.2) is 10.7 Å². The van der Waals surface area contributed by atoms with Crippen LogP contribution in [0.5, 0.6) is 0 Å². The minimum atomic E-state index is -0.247.